The molecule has 0 aromatic carbocycles. The first-order valence-corrected chi connectivity index (χ1v) is 5.96. The molecule has 1 fully saturated rings. The first kappa shape index (κ1) is 12.1. The molecule has 5 nitrogen and oxygen atoms in total. The van der Waals surface area contributed by atoms with Gasteiger partial charge in [0.15, 0.2) is 0 Å². The SMILES string of the molecule is CN(C)c1nccc(N2CCC(C)(O)CC2)n1. The first-order valence-electron chi connectivity index (χ1n) is 5.96. The van der Waals surface area contributed by atoms with E-state index in [9.17, 15) is 5.11 Å². The van der Waals surface area contributed by atoms with Gasteiger partial charge in [-0.1, -0.05) is 0 Å². The zero-order chi connectivity index (χ0) is 12.5. The van der Waals surface area contributed by atoms with Gasteiger partial charge in [-0.15, -0.1) is 0 Å². The van der Waals surface area contributed by atoms with Crippen LogP contribution in [0.25, 0.3) is 0 Å². The van der Waals surface area contributed by atoms with E-state index in [2.05, 4.69) is 14.9 Å². The van der Waals surface area contributed by atoms with Gasteiger partial charge in [-0.2, -0.15) is 4.98 Å². The Bertz CT molecular complexity index is 382. The summed E-state index contributed by atoms with van der Waals surface area (Å²) in [5, 5.41) is 9.91. The van der Waals surface area contributed by atoms with Gasteiger partial charge in [-0.05, 0) is 25.8 Å². The highest BCUT2D eigenvalue weighted by Gasteiger charge is 2.27. The van der Waals surface area contributed by atoms with Crippen LogP contribution in [0.15, 0.2) is 12.3 Å². The second-order valence-corrected chi connectivity index (χ2v) is 5.09. The molecule has 1 aliphatic rings. The maximum absolute atomic E-state index is 9.91. The van der Waals surface area contributed by atoms with Crippen LogP contribution >= 0.6 is 0 Å². The van der Waals surface area contributed by atoms with Crippen LogP contribution < -0.4 is 9.80 Å². The quantitative estimate of drug-likeness (QED) is 0.826. The zero-order valence-electron chi connectivity index (χ0n) is 10.7. The predicted octanol–water partition coefficient (Wildman–Crippen LogP) is 0.894. The van der Waals surface area contributed by atoms with E-state index in [1.807, 2.05) is 32.0 Å². The molecule has 1 saturated heterocycles. The van der Waals surface area contributed by atoms with Crippen molar-refractivity contribution in [2.75, 3.05) is 37.0 Å². The van der Waals surface area contributed by atoms with Gasteiger partial charge < -0.3 is 14.9 Å². The smallest absolute Gasteiger partial charge is 0.226 e. The topological polar surface area (TPSA) is 52.5 Å². The Morgan fingerprint density at radius 2 is 2.00 bits per heavy atom. The van der Waals surface area contributed by atoms with Crippen molar-refractivity contribution in [1.82, 2.24) is 9.97 Å². The average molecular weight is 236 g/mol. The van der Waals surface area contributed by atoms with Crippen LogP contribution in [0.4, 0.5) is 11.8 Å². The summed E-state index contributed by atoms with van der Waals surface area (Å²) in [7, 11) is 3.86. The van der Waals surface area contributed by atoms with Crippen molar-refractivity contribution in [3.05, 3.63) is 12.3 Å². The van der Waals surface area contributed by atoms with E-state index in [0.29, 0.717) is 0 Å². The van der Waals surface area contributed by atoms with Crippen LogP contribution in [0.2, 0.25) is 0 Å². The number of anilines is 2. The van der Waals surface area contributed by atoms with E-state index >= 15 is 0 Å². The minimum atomic E-state index is -0.520. The molecule has 0 bridgehead atoms. The van der Waals surface area contributed by atoms with Gasteiger partial charge in [0.05, 0.1) is 5.60 Å². The number of rotatable bonds is 2. The Hall–Kier alpha value is -1.36. The molecule has 1 aromatic heterocycles. The molecule has 0 spiro atoms. The third kappa shape index (κ3) is 2.85. The Morgan fingerprint density at radius 1 is 1.35 bits per heavy atom. The molecule has 0 amide bonds. The van der Waals surface area contributed by atoms with Crippen LogP contribution in [0.5, 0.6) is 0 Å². The van der Waals surface area contributed by atoms with Crippen molar-refractivity contribution in [2.24, 2.45) is 0 Å². The summed E-state index contributed by atoms with van der Waals surface area (Å²) in [6.45, 7) is 3.59. The maximum Gasteiger partial charge on any atom is 0.226 e. The fourth-order valence-corrected chi connectivity index (χ4v) is 1.95. The largest absolute Gasteiger partial charge is 0.390 e. The molecule has 0 unspecified atom stereocenters. The Labute approximate surface area is 102 Å². The minimum Gasteiger partial charge on any atom is -0.390 e. The summed E-state index contributed by atoms with van der Waals surface area (Å²) in [5.41, 5.74) is -0.520. The third-order valence-electron chi connectivity index (χ3n) is 3.19. The van der Waals surface area contributed by atoms with Crippen molar-refractivity contribution >= 4 is 11.8 Å². The van der Waals surface area contributed by atoms with Crippen molar-refractivity contribution in [1.29, 1.82) is 0 Å². The standard InChI is InChI=1S/C12H20N4O/c1-12(17)5-8-16(9-6-12)10-4-7-13-11(14-10)15(2)3/h4,7,17H,5-6,8-9H2,1-3H3. The molecular weight excluding hydrogens is 216 g/mol. The van der Waals surface area contributed by atoms with Gasteiger partial charge >= 0.3 is 0 Å². The van der Waals surface area contributed by atoms with E-state index in [4.69, 9.17) is 0 Å². The molecule has 0 saturated carbocycles. The number of nitrogens with zero attached hydrogens (tertiary/aromatic N) is 4. The minimum absolute atomic E-state index is 0.520. The normalized spacial score (nSPS) is 19.2. The van der Waals surface area contributed by atoms with E-state index < -0.39 is 5.60 Å². The molecule has 94 valence electrons. The Kier molecular flexibility index (Phi) is 3.19. The van der Waals surface area contributed by atoms with Crippen molar-refractivity contribution in [2.45, 2.75) is 25.4 Å². The van der Waals surface area contributed by atoms with Gasteiger partial charge in [0.1, 0.15) is 5.82 Å². The molecule has 1 N–H and O–H groups in total. The van der Waals surface area contributed by atoms with Crippen molar-refractivity contribution < 1.29 is 5.11 Å². The van der Waals surface area contributed by atoms with E-state index in [1.165, 1.54) is 0 Å². The summed E-state index contributed by atoms with van der Waals surface area (Å²) >= 11 is 0. The third-order valence-corrected chi connectivity index (χ3v) is 3.19. The molecular formula is C12H20N4O. The summed E-state index contributed by atoms with van der Waals surface area (Å²) < 4.78 is 0. The first-order chi connectivity index (χ1) is 7.98. The van der Waals surface area contributed by atoms with Crippen LogP contribution in [0.1, 0.15) is 19.8 Å². The molecule has 1 aliphatic heterocycles. The molecule has 17 heavy (non-hydrogen) atoms. The predicted molar refractivity (Wildman–Crippen MR) is 68.4 cm³/mol. The highest BCUT2D eigenvalue weighted by atomic mass is 16.3. The average Bonchev–Trinajstić information content (AvgIpc) is 2.29. The summed E-state index contributed by atoms with van der Waals surface area (Å²) in [5.74, 6) is 1.67. The lowest BCUT2D eigenvalue weighted by atomic mass is 9.94. The number of hydrogen-bond acceptors (Lipinski definition) is 5. The lowest BCUT2D eigenvalue weighted by Crippen LogP contribution is -2.42. The van der Waals surface area contributed by atoms with Crippen LogP contribution in [0, 0.1) is 0 Å². The maximum atomic E-state index is 9.91. The summed E-state index contributed by atoms with van der Waals surface area (Å²) in [6.07, 6.45) is 3.35. The van der Waals surface area contributed by atoms with Crippen LogP contribution in [-0.4, -0.2) is 47.9 Å². The fraction of sp³-hybridized carbons (Fsp3) is 0.667. The van der Waals surface area contributed by atoms with Gasteiger partial charge in [0, 0.05) is 33.4 Å². The molecule has 0 atom stereocenters. The Balaban J connectivity index is 2.10. The van der Waals surface area contributed by atoms with Gasteiger partial charge in [0.2, 0.25) is 5.95 Å². The fourth-order valence-electron chi connectivity index (χ4n) is 1.95. The van der Waals surface area contributed by atoms with Crippen LogP contribution in [0.3, 0.4) is 0 Å². The number of piperidine rings is 1. The van der Waals surface area contributed by atoms with E-state index in [0.717, 1.165) is 37.7 Å². The molecule has 0 radical (unpaired) electrons. The summed E-state index contributed by atoms with van der Waals surface area (Å²) in [6, 6.07) is 1.92. The number of aliphatic hydroxyl groups is 1. The van der Waals surface area contributed by atoms with Crippen LogP contribution in [-0.2, 0) is 0 Å². The summed E-state index contributed by atoms with van der Waals surface area (Å²) in [4.78, 5) is 12.8. The van der Waals surface area contributed by atoms with Crippen molar-refractivity contribution in [3.63, 3.8) is 0 Å². The molecule has 5 heteroatoms. The highest BCUT2D eigenvalue weighted by molar-refractivity contribution is 5.43. The molecule has 1 aromatic rings. The highest BCUT2D eigenvalue weighted by Crippen LogP contribution is 2.24. The van der Waals surface area contributed by atoms with Gasteiger partial charge in [0.25, 0.3) is 0 Å². The van der Waals surface area contributed by atoms with Gasteiger partial charge in [-0.3, -0.25) is 0 Å². The number of hydrogen-bond donors (Lipinski definition) is 1. The molecule has 0 aliphatic carbocycles. The Morgan fingerprint density at radius 3 is 2.59 bits per heavy atom. The lowest BCUT2D eigenvalue weighted by Gasteiger charge is -2.36. The monoisotopic (exact) mass is 236 g/mol. The van der Waals surface area contributed by atoms with Crippen molar-refractivity contribution in [3.8, 4) is 0 Å². The molecule has 2 heterocycles. The second-order valence-electron chi connectivity index (χ2n) is 5.09. The number of aromatic nitrogens is 2. The molecule has 2 rings (SSSR count). The second kappa shape index (κ2) is 4.49. The van der Waals surface area contributed by atoms with Gasteiger partial charge in [-0.25, -0.2) is 4.98 Å². The van der Waals surface area contributed by atoms with E-state index in [-0.39, 0.29) is 0 Å². The van der Waals surface area contributed by atoms with E-state index in [1.54, 1.807) is 6.20 Å². The zero-order valence-corrected chi connectivity index (χ0v) is 10.7. The lowest BCUT2D eigenvalue weighted by molar-refractivity contribution is 0.0350.